The summed E-state index contributed by atoms with van der Waals surface area (Å²) < 4.78 is 1.85. The highest BCUT2D eigenvalue weighted by atomic mass is 16.3. The molecule has 4 rings (SSSR count). The highest BCUT2D eigenvalue weighted by molar-refractivity contribution is 5.77. The van der Waals surface area contributed by atoms with Gasteiger partial charge in [0.2, 0.25) is 5.91 Å². The second kappa shape index (κ2) is 7.01. The van der Waals surface area contributed by atoms with Crippen molar-refractivity contribution in [2.75, 3.05) is 19.7 Å². The molecule has 1 spiro atoms. The van der Waals surface area contributed by atoms with Gasteiger partial charge in [-0.2, -0.15) is 5.10 Å². The van der Waals surface area contributed by atoms with E-state index in [1.807, 2.05) is 55.9 Å². The van der Waals surface area contributed by atoms with Crippen molar-refractivity contribution >= 4 is 5.91 Å². The fourth-order valence-electron chi connectivity index (χ4n) is 5.33. The van der Waals surface area contributed by atoms with E-state index in [0.717, 1.165) is 22.5 Å². The zero-order valence-corrected chi connectivity index (χ0v) is 16.8. The first-order valence-electron chi connectivity index (χ1n) is 10.0. The van der Waals surface area contributed by atoms with Gasteiger partial charge >= 0.3 is 0 Å². The predicted molar refractivity (Wildman–Crippen MR) is 106 cm³/mol. The molecule has 1 saturated carbocycles. The predicted octanol–water partition coefficient (Wildman–Crippen LogP) is 1.56. The van der Waals surface area contributed by atoms with Crippen LogP contribution in [0, 0.1) is 25.2 Å². The number of carbonyl (C=O) groups is 1. The Morgan fingerprint density at radius 2 is 2.00 bits per heavy atom. The molecule has 1 aliphatic carbocycles. The molecule has 0 bridgehead atoms. The van der Waals surface area contributed by atoms with E-state index in [-0.39, 0.29) is 24.3 Å². The summed E-state index contributed by atoms with van der Waals surface area (Å²) in [5, 5.41) is 25.1. The molecule has 2 aliphatic rings. The van der Waals surface area contributed by atoms with Crippen LogP contribution in [0.25, 0.3) is 0 Å². The molecule has 1 aromatic carbocycles. The van der Waals surface area contributed by atoms with Gasteiger partial charge in [-0.1, -0.05) is 30.3 Å². The monoisotopic (exact) mass is 383 g/mol. The summed E-state index contributed by atoms with van der Waals surface area (Å²) in [6.45, 7) is 4.90. The van der Waals surface area contributed by atoms with Crippen LogP contribution in [0.1, 0.15) is 34.9 Å². The molecule has 150 valence electrons. The van der Waals surface area contributed by atoms with Crippen molar-refractivity contribution in [1.82, 2.24) is 14.7 Å². The molecule has 1 amide bonds. The third-order valence-electron chi connectivity index (χ3n) is 7.00. The number of β-amino-alcohol motifs (C(OH)–C–C–N with tert-alkyl or cyclic N) is 1. The van der Waals surface area contributed by atoms with Gasteiger partial charge in [-0.3, -0.25) is 9.48 Å². The van der Waals surface area contributed by atoms with Crippen LogP contribution in [0.15, 0.2) is 30.3 Å². The molecular weight excluding hydrogens is 354 g/mol. The third kappa shape index (κ3) is 2.86. The van der Waals surface area contributed by atoms with E-state index < -0.39 is 11.5 Å². The lowest BCUT2D eigenvalue weighted by molar-refractivity contribution is -0.130. The Morgan fingerprint density at radius 1 is 1.29 bits per heavy atom. The zero-order valence-electron chi connectivity index (χ0n) is 16.8. The van der Waals surface area contributed by atoms with Crippen molar-refractivity contribution in [3.8, 4) is 0 Å². The summed E-state index contributed by atoms with van der Waals surface area (Å²) >= 11 is 0. The van der Waals surface area contributed by atoms with E-state index in [4.69, 9.17) is 0 Å². The molecule has 28 heavy (non-hydrogen) atoms. The largest absolute Gasteiger partial charge is 0.396 e. The molecule has 2 N–H and O–H groups in total. The summed E-state index contributed by atoms with van der Waals surface area (Å²) in [5.41, 5.74) is 3.92. The number of likely N-dealkylation sites (tertiary alicyclic amines) is 1. The summed E-state index contributed by atoms with van der Waals surface area (Å²) in [6.07, 6.45) is 0.478. The summed E-state index contributed by atoms with van der Waals surface area (Å²) in [6, 6.07) is 10.0. The first kappa shape index (κ1) is 19.2. The van der Waals surface area contributed by atoms with E-state index in [1.165, 1.54) is 0 Å². The van der Waals surface area contributed by atoms with Crippen LogP contribution in [0.4, 0.5) is 0 Å². The smallest absolute Gasteiger partial charge is 0.223 e. The fraction of sp³-hybridized carbons (Fsp3) is 0.545. The minimum Gasteiger partial charge on any atom is -0.396 e. The van der Waals surface area contributed by atoms with Crippen LogP contribution in [-0.2, 0) is 18.3 Å². The summed E-state index contributed by atoms with van der Waals surface area (Å²) in [4.78, 5) is 14.7. The highest BCUT2D eigenvalue weighted by Gasteiger charge is 2.71. The SMILES string of the molecule is Cc1nn(C)c(C)c1CCC(=O)N1C[C@H](O)[C@@]2(C1)[C@H](CO)[C@H]2c1ccccc1. The number of amides is 1. The molecule has 0 radical (unpaired) electrons. The van der Waals surface area contributed by atoms with Crippen LogP contribution in [0.3, 0.4) is 0 Å². The number of hydrogen-bond acceptors (Lipinski definition) is 4. The number of benzene rings is 1. The minimum absolute atomic E-state index is 0.00510. The number of aliphatic hydroxyl groups excluding tert-OH is 2. The molecule has 1 aromatic heterocycles. The number of nitrogens with zero attached hydrogens (tertiary/aromatic N) is 3. The number of aromatic nitrogens is 2. The first-order chi connectivity index (χ1) is 13.4. The molecule has 0 unspecified atom stereocenters. The molecule has 2 aromatic rings. The van der Waals surface area contributed by atoms with Crippen molar-refractivity contribution < 1.29 is 15.0 Å². The lowest BCUT2D eigenvalue weighted by Gasteiger charge is -2.17. The standard InChI is InChI=1S/C22H29N3O3/c1-14-17(15(2)24(3)23-14)9-10-20(28)25-11-19(27)22(13-25)18(12-26)21(22)16-7-5-4-6-8-16/h4-8,18-19,21,26-27H,9-13H2,1-3H3/t18-,19+,21-,22-/m1/s1. The van der Waals surface area contributed by atoms with Gasteiger partial charge in [0.25, 0.3) is 0 Å². The normalized spacial score (nSPS) is 28.9. The molecule has 2 heterocycles. The van der Waals surface area contributed by atoms with Gasteiger partial charge in [0.15, 0.2) is 0 Å². The lowest BCUT2D eigenvalue weighted by Crippen LogP contribution is -2.30. The number of aryl methyl sites for hydroxylation is 2. The topological polar surface area (TPSA) is 78.6 Å². The first-order valence-corrected chi connectivity index (χ1v) is 10.0. The van der Waals surface area contributed by atoms with E-state index >= 15 is 0 Å². The van der Waals surface area contributed by atoms with E-state index in [1.54, 1.807) is 4.90 Å². The Labute approximate surface area is 165 Å². The van der Waals surface area contributed by atoms with Crippen molar-refractivity contribution in [2.45, 2.75) is 38.7 Å². The molecule has 2 fully saturated rings. The Kier molecular flexibility index (Phi) is 4.79. The average molecular weight is 383 g/mol. The van der Waals surface area contributed by atoms with E-state index in [9.17, 15) is 15.0 Å². The fourth-order valence-corrected chi connectivity index (χ4v) is 5.33. The van der Waals surface area contributed by atoms with Crippen molar-refractivity contribution in [1.29, 1.82) is 0 Å². The zero-order chi connectivity index (χ0) is 20.1. The molecular formula is C22H29N3O3. The Morgan fingerprint density at radius 3 is 2.61 bits per heavy atom. The molecule has 6 nitrogen and oxygen atoms in total. The van der Waals surface area contributed by atoms with Gasteiger partial charge in [-0.25, -0.2) is 0 Å². The maximum absolute atomic E-state index is 12.9. The maximum atomic E-state index is 12.9. The Bertz CT molecular complexity index is 879. The Hall–Kier alpha value is -2.18. The van der Waals surface area contributed by atoms with Crippen LogP contribution < -0.4 is 0 Å². The molecule has 1 saturated heterocycles. The van der Waals surface area contributed by atoms with Crippen LogP contribution >= 0.6 is 0 Å². The molecule has 1 aliphatic heterocycles. The van der Waals surface area contributed by atoms with Gasteiger partial charge in [0.1, 0.15) is 0 Å². The van der Waals surface area contributed by atoms with Gasteiger partial charge in [-0.15, -0.1) is 0 Å². The summed E-state index contributed by atoms with van der Waals surface area (Å²) in [7, 11) is 1.92. The maximum Gasteiger partial charge on any atom is 0.223 e. The van der Waals surface area contributed by atoms with Crippen LogP contribution in [0.2, 0.25) is 0 Å². The third-order valence-corrected chi connectivity index (χ3v) is 7.00. The lowest BCUT2D eigenvalue weighted by atomic mass is 9.95. The van der Waals surface area contributed by atoms with Crippen LogP contribution in [-0.4, -0.2) is 56.6 Å². The average Bonchev–Trinajstić information content (AvgIpc) is 3.12. The van der Waals surface area contributed by atoms with Crippen molar-refractivity contribution in [2.24, 2.45) is 18.4 Å². The van der Waals surface area contributed by atoms with E-state index in [0.29, 0.717) is 25.9 Å². The van der Waals surface area contributed by atoms with Crippen LogP contribution in [0.5, 0.6) is 0 Å². The Balaban J connectivity index is 1.46. The molecule has 4 atom stereocenters. The van der Waals surface area contributed by atoms with Gasteiger partial charge < -0.3 is 15.1 Å². The quantitative estimate of drug-likeness (QED) is 0.821. The second-order valence-corrected chi connectivity index (χ2v) is 8.35. The van der Waals surface area contributed by atoms with Gasteiger partial charge in [-0.05, 0) is 43.2 Å². The summed E-state index contributed by atoms with van der Waals surface area (Å²) in [5.74, 6) is 0.175. The van der Waals surface area contributed by atoms with Crippen molar-refractivity contribution in [3.05, 3.63) is 52.8 Å². The minimum atomic E-state index is -0.597. The second-order valence-electron chi connectivity index (χ2n) is 8.35. The van der Waals surface area contributed by atoms with E-state index in [2.05, 4.69) is 5.10 Å². The van der Waals surface area contributed by atoms with Gasteiger partial charge in [0.05, 0.1) is 11.8 Å². The highest BCUT2D eigenvalue weighted by Crippen LogP contribution is 2.68. The van der Waals surface area contributed by atoms with Gasteiger partial charge in [0, 0.05) is 44.3 Å². The van der Waals surface area contributed by atoms with Crippen molar-refractivity contribution in [3.63, 3.8) is 0 Å². The number of carbonyl (C=O) groups excluding carboxylic acids is 1. The number of rotatable bonds is 5. The number of aliphatic hydroxyl groups is 2. The molecule has 6 heteroatoms. The number of hydrogen-bond donors (Lipinski definition) is 2.